The van der Waals surface area contributed by atoms with E-state index in [-0.39, 0.29) is 17.1 Å². The van der Waals surface area contributed by atoms with Gasteiger partial charge in [-0.25, -0.2) is 0 Å². The van der Waals surface area contributed by atoms with Gasteiger partial charge in [0, 0.05) is 16.3 Å². The number of carbonyl (C=O) groups excluding carboxylic acids is 2. The van der Waals surface area contributed by atoms with Gasteiger partial charge in [-0.1, -0.05) is 41.9 Å². The number of hydrogen-bond donors (Lipinski definition) is 2. The van der Waals surface area contributed by atoms with Crippen molar-refractivity contribution < 1.29 is 24.5 Å². The van der Waals surface area contributed by atoms with Crippen molar-refractivity contribution in [1.29, 1.82) is 0 Å². The maximum absolute atomic E-state index is 13.1. The van der Waals surface area contributed by atoms with E-state index in [0.29, 0.717) is 34.2 Å². The van der Waals surface area contributed by atoms with Crippen LogP contribution in [0.25, 0.3) is 5.76 Å². The van der Waals surface area contributed by atoms with Crippen LogP contribution in [-0.4, -0.2) is 28.5 Å². The lowest BCUT2D eigenvalue weighted by Crippen LogP contribution is -2.29. The summed E-state index contributed by atoms with van der Waals surface area (Å²) in [6.45, 7) is 2.28. The molecule has 6 nitrogen and oxygen atoms in total. The molecule has 0 saturated carbocycles. The third-order valence-corrected chi connectivity index (χ3v) is 5.39. The Balaban J connectivity index is 1.92. The average molecular weight is 450 g/mol. The number of carbonyl (C=O) groups is 2. The van der Waals surface area contributed by atoms with Crippen molar-refractivity contribution in [3.05, 3.63) is 94.5 Å². The molecule has 0 spiro atoms. The molecule has 1 aliphatic heterocycles. The van der Waals surface area contributed by atoms with Crippen LogP contribution in [0.15, 0.2) is 78.4 Å². The number of aliphatic hydroxyl groups is 1. The largest absolute Gasteiger partial charge is 0.508 e. The molecular formula is C25H20ClNO5. The number of rotatable bonds is 5. The maximum Gasteiger partial charge on any atom is 0.300 e. The number of ketones is 1. The lowest BCUT2D eigenvalue weighted by Gasteiger charge is -2.25. The van der Waals surface area contributed by atoms with Crippen LogP contribution >= 0.6 is 11.6 Å². The first kappa shape index (κ1) is 21.5. The van der Waals surface area contributed by atoms with E-state index in [2.05, 4.69) is 0 Å². The van der Waals surface area contributed by atoms with Crippen LogP contribution in [-0.2, 0) is 9.59 Å². The SMILES string of the molecule is CCOc1cccc(/C(O)=C2\C(=O)C(=O)N(c3cccc(Cl)c3)C2c2ccc(O)cc2)c1. The van der Waals surface area contributed by atoms with E-state index < -0.39 is 17.7 Å². The number of nitrogens with zero attached hydrogens (tertiary/aromatic N) is 1. The molecule has 162 valence electrons. The highest BCUT2D eigenvalue weighted by atomic mass is 35.5. The molecule has 4 rings (SSSR count). The van der Waals surface area contributed by atoms with E-state index in [1.165, 1.54) is 17.0 Å². The first-order valence-corrected chi connectivity index (χ1v) is 10.4. The first-order valence-electron chi connectivity index (χ1n) is 9.99. The normalized spacial score (nSPS) is 17.6. The molecule has 0 bridgehead atoms. The molecule has 1 heterocycles. The van der Waals surface area contributed by atoms with E-state index in [1.54, 1.807) is 60.7 Å². The first-order chi connectivity index (χ1) is 15.4. The Labute approximate surface area is 189 Å². The van der Waals surface area contributed by atoms with Gasteiger partial charge in [0.15, 0.2) is 0 Å². The fourth-order valence-corrected chi connectivity index (χ4v) is 3.94. The molecule has 3 aromatic rings. The van der Waals surface area contributed by atoms with Gasteiger partial charge < -0.3 is 14.9 Å². The summed E-state index contributed by atoms with van der Waals surface area (Å²) in [5.41, 5.74) is 1.25. The summed E-state index contributed by atoms with van der Waals surface area (Å²) < 4.78 is 5.50. The number of benzene rings is 3. The minimum atomic E-state index is -0.912. The quantitative estimate of drug-likeness (QED) is 0.322. The van der Waals surface area contributed by atoms with Crippen molar-refractivity contribution in [2.24, 2.45) is 0 Å². The number of halogens is 1. The second-order valence-corrected chi connectivity index (χ2v) is 7.64. The predicted octanol–water partition coefficient (Wildman–Crippen LogP) is 5.07. The van der Waals surface area contributed by atoms with Gasteiger partial charge in [-0.05, 0) is 55.0 Å². The van der Waals surface area contributed by atoms with Gasteiger partial charge in [0.05, 0.1) is 18.2 Å². The molecular weight excluding hydrogens is 430 g/mol. The van der Waals surface area contributed by atoms with Crippen molar-refractivity contribution >= 4 is 34.7 Å². The average Bonchev–Trinajstić information content (AvgIpc) is 3.05. The summed E-state index contributed by atoms with van der Waals surface area (Å²) in [7, 11) is 0. The Morgan fingerprint density at radius 1 is 1.03 bits per heavy atom. The number of Topliss-reactive ketones (excluding diaryl/α,β-unsaturated/α-hetero) is 1. The monoisotopic (exact) mass is 449 g/mol. The number of amides is 1. The highest BCUT2D eigenvalue weighted by molar-refractivity contribution is 6.51. The Bertz CT molecular complexity index is 1220. The van der Waals surface area contributed by atoms with E-state index in [9.17, 15) is 19.8 Å². The molecule has 0 radical (unpaired) electrons. The summed E-state index contributed by atoms with van der Waals surface area (Å²) in [5.74, 6) is -1.35. The van der Waals surface area contributed by atoms with E-state index >= 15 is 0 Å². The molecule has 2 N–H and O–H groups in total. The van der Waals surface area contributed by atoms with Crippen molar-refractivity contribution in [1.82, 2.24) is 0 Å². The van der Waals surface area contributed by atoms with Crippen LogP contribution in [0.5, 0.6) is 11.5 Å². The molecule has 7 heteroatoms. The zero-order valence-corrected chi connectivity index (χ0v) is 17.9. The number of anilines is 1. The topological polar surface area (TPSA) is 87.1 Å². The molecule has 1 atom stereocenters. The molecule has 1 saturated heterocycles. The summed E-state index contributed by atoms with van der Waals surface area (Å²) in [4.78, 5) is 27.5. The van der Waals surface area contributed by atoms with Crippen LogP contribution in [0.3, 0.4) is 0 Å². The van der Waals surface area contributed by atoms with Gasteiger partial charge in [-0.15, -0.1) is 0 Å². The van der Waals surface area contributed by atoms with Gasteiger partial charge in [-0.2, -0.15) is 0 Å². The van der Waals surface area contributed by atoms with E-state index in [0.717, 1.165) is 0 Å². The molecule has 0 aromatic heterocycles. The summed E-state index contributed by atoms with van der Waals surface area (Å²) in [6, 6.07) is 18.5. The summed E-state index contributed by atoms with van der Waals surface area (Å²) in [6.07, 6.45) is 0. The molecule has 1 fully saturated rings. The van der Waals surface area contributed by atoms with Gasteiger partial charge in [0.25, 0.3) is 11.7 Å². The highest BCUT2D eigenvalue weighted by Crippen LogP contribution is 2.43. The van der Waals surface area contributed by atoms with Crippen LogP contribution < -0.4 is 9.64 Å². The fraction of sp³-hybridized carbons (Fsp3) is 0.120. The molecule has 1 amide bonds. The smallest absolute Gasteiger partial charge is 0.300 e. The predicted molar refractivity (Wildman–Crippen MR) is 122 cm³/mol. The number of ether oxygens (including phenoxy) is 1. The third-order valence-electron chi connectivity index (χ3n) is 5.16. The number of phenolic OH excluding ortho intramolecular Hbond substituents is 1. The number of aromatic hydroxyl groups is 1. The molecule has 32 heavy (non-hydrogen) atoms. The van der Waals surface area contributed by atoms with E-state index in [4.69, 9.17) is 16.3 Å². The van der Waals surface area contributed by atoms with Crippen molar-refractivity contribution in [2.75, 3.05) is 11.5 Å². The van der Waals surface area contributed by atoms with Gasteiger partial charge in [0.1, 0.15) is 17.3 Å². The zero-order chi connectivity index (χ0) is 22.8. The molecule has 0 aliphatic carbocycles. The number of aliphatic hydroxyl groups excluding tert-OH is 1. The second kappa shape index (κ2) is 8.77. The number of hydrogen-bond acceptors (Lipinski definition) is 5. The van der Waals surface area contributed by atoms with Crippen molar-refractivity contribution in [2.45, 2.75) is 13.0 Å². The molecule has 1 unspecified atom stereocenters. The fourth-order valence-electron chi connectivity index (χ4n) is 3.75. The zero-order valence-electron chi connectivity index (χ0n) is 17.2. The van der Waals surface area contributed by atoms with Gasteiger partial charge in [-0.3, -0.25) is 14.5 Å². The Morgan fingerprint density at radius 3 is 2.44 bits per heavy atom. The van der Waals surface area contributed by atoms with E-state index in [1.807, 2.05) is 6.92 Å². The standard InChI is InChI=1S/C25H20ClNO5/c1-2-32-20-8-3-5-16(13-20)23(29)21-22(15-9-11-19(28)12-10-15)27(25(31)24(21)30)18-7-4-6-17(26)14-18/h3-14,22,28-29H,2H2,1H3/b23-21+. The summed E-state index contributed by atoms with van der Waals surface area (Å²) in [5, 5.41) is 21.3. The minimum Gasteiger partial charge on any atom is -0.508 e. The van der Waals surface area contributed by atoms with Crippen LogP contribution in [0.2, 0.25) is 5.02 Å². The molecule has 3 aromatic carbocycles. The van der Waals surface area contributed by atoms with Crippen LogP contribution in [0.4, 0.5) is 5.69 Å². The highest BCUT2D eigenvalue weighted by Gasteiger charge is 2.47. The van der Waals surface area contributed by atoms with Crippen LogP contribution in [0, 0.1) is 0 Å². The second-order valence-electron chi connectivity index (χ2n) is 7.20. The van der Waals surface area contributed by atoms with Gasteiger partial charge in [0.2, 0.25) is 0 Å². The minimum absolute atomic E-state index is 0.0397. The number of phenols is 1. The Morgan fingerprint density at radius 2 is 1.75 bits per heavy atom. The summed E-state index contributed by atoms with van der Waals surface area (Å²) >= 11 is 6.13. The lowest BCUT2D eigenvalue weighted by molar-refractivity contribution is -0.132. The van der Waals surface area contributed by atoms with Gasteiger partial charge >= 0.3 is 0 Å². The van der Waals surface area contributed by atoms with Crippen LogP contribution in [0.1, 0.15) is 24.1 Å². The van der Waals surface area contributed by atoms with Crippen molar-refractivity contribution in [3.8, 4) is 11.5 Å². The van der Waals surface area contributed by atoms with Crippen molar-refractivity contribution in [3.63, 3.8) is 0 Å². The Kier molecular flexibility index (Phi) is 5.88. The Hall–Kier alpha value is -3.77. The molecule has 1 aliphatic rings. The third kappa shape index (κ3) is 3.92. The lowest BCUT2D eigenvalue weighted by atomic mass is 9.95. The maximum atomic E-state index is 13.1.